The normalized spacial score (nSPS) is 21.3. The zero-order valence-electron chi connectivity index (χ0n) is 12.2. The van der Waals surface area contributed by atoms with E-state index in [-0.39, 0.29) is 11.7 Å². The van der Waals surface area contributed by atoms with Crippen LogP contribution in [0.25, 0.3) is 0 Å². The number of carbonyl (C=O) groups excluding carboxylic acids is 2. The van der Waals surface area contributed by atoms with Gasteiger partial charge in [0, 0.05) is 18.7 Å². The lowest BCUT2D eigenvalue weighted by atomic mass is 9.90. The number of hydrogen-bond acceptors (Lipinski definition) is 4. The number of hydrogen-bond donors (Lipinski definition) is 0. The molecule has 1 aliphatic heterocycles. The maximum absolute atomic E-state index is 11.8. The standard InChI is InChI=1S/C15H20N2O3/c1-10(2)12-9-13(11(3)8-14(12)18)16-20-15(19)17-6-4-5-7-17/h8-10H,4-7H2,1-3H3. The van der Waals surface area contributed by atoms with Crippen LogP contribution in [0, 0.1) is 5.92 Å². The van der Waals surface area contributed by atoms with Crippen molar-refractivity contribution in [2.75, 3.05) is 13.1 Å². The van der Waals surface area contributed by atoms with Crippen LogP contribution in [0.15, 0.2) is 28.5 Å². The molecule has 0 atom stereocenters. The summed E-state index contributed by atoms with van der Waals surface area (Å²) in [5, 5.41) is 3.90. The van der Waals surface area contributed by atoms with Gasteiger partial charge in [0.05, 0.1) is 0 Å². The Balaban J connectivity index is 2.09. The summed E-state index contributed by atoms with van der Waals surface area (Å²) in [5.41, 5.74) is 1.95. The van der Waals surface area contributed by atoms with E-state index >= 15 is 0 Å². The van der Waals surface area contributed by atoms with Crippen molar-refractivity contribution in [3.8, 4) is 0 Å². The second-order valence-corrected chi connectivity index (χ2v) is 5.47. The average Bonchev–Trinajstić information content (AvgIpc) is 2.90. The number of nitrogens with zero attached hydrogens (tertiary/aromatic N) is 2. The first-order valence-corrected chi connectivity index (χ1v) is 6.97. The van der Waals surface area contributed by atoms with Gasteiger partial charge in [-0.1, -0.05) is 19.0 Å². The molecular formula is C15H20N2O3. The van der Waals surface area contributed by atoms with E-state index in [4.69, 9.17) is 4.84 Å². The van der Waals surface area contributed by atoms with Crippen LogP contribution in [0.1, 0.15) is 33.6 Å². The maximum atomic E-state index is 11.8. The SMILES string of the molecule is CC1=CC(=O)C(C(C)C)=CC1=NOC(=O)N1CCCC1. The van der Waals surface area contributed by atoms with Gasteiger partial charge in [-0.05, 0) is 43.4 Å². The zero-order valence-corrected chi connectivity index (χ0v) is 12.2. The number of carbonyl (C=O) groups is 2. The molecule has 1 amide bonds. The van der Waals surface area contributed by atoms with Crippen LogP contribution < -0.4 is 0 Å². The molecule has 0 aromatic heterocycles. The predicted molar refractivity (Wildman–Crippen MR) is 76.4 cm³/mol. The van der Waals surface area contributed by atoms with Crippen molar-refractivity contribution >= 4 is 17.6 Å². The second kappa shape index (κ2) is 6.03. The van der Waals surface area contributed by atoms with Crippen molar-refractivity contribution in [1.29, 1.82) is 0 Å². The molecule has 2 aliphatic rings. The molecule has 1 fully saturated rings. The van der Waals surface area contributed by atoms with Gasteiger partial charge in [-0.15, -0.1) is 0 Å². The van der Waals surface area contributed by atoms with Crippen LogP contribution in [0.5, 0.6) is 0 Å². The molecule has 0 bridgehead atoms. The Kier molecular flexibility index (Phi) is 4.37. The fraction of sp³-hybridized carbons (Fsp3) is 0.533. The van der Waals surface area contributed by atoms with E-state index < -0.39 is 6.09 Å². The van der Waals surface area contributed by atoms with Crippen molar-refractivity contribution in [2.45, 2.75) is 33.6 Å². The minimum absolute atomic E-state index is 0.00215. The molecule has 1 aliphatic carbocycles. The molecule has 0 aromatic carbocycles. The molecule has 0 unspecified atom stereocenters. The molecular weight excluding hydrogens is 256 g/mol. The van der Waals surface area contributed by atoms with Crippen molar-refractivity contribution in [3.63, 3.8) is 0 Å². The van der Waals surface area contributed by atoms with Crippen molar-refractivity contribution < 1.29 is 14.4 Å². The molecule has 0 saturated carbocycles. The Bertz CT molecular complexity index is 509. The van der Waals surface area contributed by atoms with Crippen molar-refractivity contribution in [1.82, 2.24) is 4.90 Å². The summed E-state index contributed by atoms with van der Waals surface area (Å²) in [6, 6.07) is 0. The minimum atomic E-state index is -0.417. The molecule has 0 N–H and O–H groups in total. The number of oxime groups is 1. The van der Waals surface area contributed by atoms with Gasteiger partial charge >= 0.3 is 6.09 Å². The first-order chi connectivity index (χ1) is 9.49. The van der Waals surface area contributed by atoms with Crippen LogP contribution in [0.3, 0.4) is 0 Å². The highest BCUT2D eigenvalue weighted by Crippen LogP contribution is 2.19. The van der Waals surface area contributed by atoms with Crippen molar-refractivity contribution in [3.05, 3.63) is 23.3 Å². The smallest absolute Gasteiger partial charge is 0.306 e. The molecule has 1 heterocycles. The molecule has 20 heavy (non-hydrogen) atoms. The zero-order chi connectivity index (χ0) is 14.7. The lowest BCUT2D eigenvalue weighted by molar-refractivity contribution is -0.111. The quantitative estimate of drug-likeness (QED) is 0.442. The number of amides is 1. The summed E-state index contributed by atoms with van der Waals surface area (Å²) in [6.07, 6.45) is 4.85. The monoisotopic (exact) mass is 276 g/mol. The summed E-state index contributed by atoms with van der Waals surface area (Å²) in [4.78, 5) is 30.2. The van der Waals surface area contributed by atoms with Gasteiger partial charge in [-0.25, -0.2) is 4.79 Å². The predicted octanol–water partition coefficient (Wildman–Crippen LogP) is 2.69. The third-order valence-electron chi connectivity index (χ3n) is 3.54. The molecule has 0 radical (unpaired) electrons. The van der Waals surface area contributed by atoms with E-state index in [1.54, 1.807) is 17.9 Å². The Morgan fingerprint density at radius 3 is 2.55 bits per heavy atom. The van der Waals surface area contributed by atoms with Gasteiger partial charge in [0.15, 0.2) is 5.78 Å². The first kappa shape index (κ1) is 14.5. The summed E-state index contributed by atoms with van der Waals surface area (Å²) in [7, 11) is 0. The third kappa shape index (κ3) is 3.15. The van der Waals surface area contributed by atoms with Gasteiger partial charge in [0.2, 0.25) is 0 Å². The van der Waals surface area contributed by atoms with E-state index in [0.29, 0.717) is 16.9 Å². The van der Waals surface area contributed by atoms with Crippen LogP contribution in [0.2, 0.25) is 0 Å². The van der Waals surface area contributed by atoms with E-state index in [0.717, 1.165) is 25.9 Å². The van der Waals surface area contributed by atoms with Gasteiger partial charge in [0.25, 0.3) is 0 Å². The Morgan fingerprint density at radius 2 is 1.95 bits per heavy atom. The molecule has 0 spiro atoms. The number of likely N-dealkylation sites (tertiary alicyclic amines) is 1. The van der Waals surface area contributed by atoms with Crippen LogP contribution in [-0.2, 0) is 9.63 Å². The fourth-order valence-corrected chi connectivity index (χ4v) is 2.28. The number of rotatable bonds is 2. The molecule has 108 valence electrons. The Hall–Kier alpha value is -1.91. The minimum Gasteiger partial charge on any atom is -0.306 e. The van der Waals surface area contributed by atoms with Crippen LogP contribution >= 0.6 is 0 Å². The number of allylic oxidation sites excluding steroid dienone is 4. The largest absolute Gasteiger partial charge is 0.435 e. The summed E-state index contributed by atoms with van der Waals surface area (Å²) >= 11 is 0. The topological polar surface area (TPSA) is 59.0 Å². The van der Waals surface area contributed by atoms with E-state index in [2.05, 4.69) is 5.16 Å². The van der Waals surface area contributed by atoms with Crippen LogP contribution in [-0.4, -0.2) is 35.6 Å². The van der Waals surface area contributed by atoms with E-state index in [9.17, 15) is 9.59 Å². The summed E-state index contributed by atoms with van der Waals surface area (Å²) in [5.74, 6) is 0.119. The van der Waals surface area contributed by atoms with E-state index in [1.807, 2.05) is 13.8 Å². The maximum Gasteiger partial charge on any atom is 0.435 e. The van der Waals surface area contributed by atoms with Gasteiger partial charge in [-0.3, -0.25) is 9.63 Å². The molecule has 1 saturated heterocycles. The van der Waals surface area contributed by atoms with Gasteiger partial charge in [-0.2, -0.15) is 0 Å². The number of ketones is 1. The lowest BCUT2D eigenvalue weighted by Crippen LogP contribution is -2.27. The highest BCUT2D eigenvalue weighted by Gasteiger charge is 2.22. The third-order valence-corrected chi connectivity index (χ3v) is 3.54. The van der Waals surface area contributed by atoms with Gasteiger partial charge in [0.1, 0.15) is 5.71 Å². The summed E-state index contributed by atoms with van der Waals surface area (Å²) < 4.78 is 0. The molecule has 5 nitrogen and oxygen atoms in total. The van der Waals surface area contributed by atoms with Crippen LogP contribution in [0.4, 0.5) is 4.79 Å². The highest BCUT2D eigenvalue weighted by molar-refractivity contribution is 6.21. The highest BCUT2D eigenvalue weighted by atomic mass is 16.7. The van der Waals surface area contributed by atoms with E-state index in [1.165, 1.54) is 6.08 Å². The molecule has 0 aromatic rings. The molecule has 5 heteroatoms. The first-order valence-electron chi connectivity index (χ1n) is 6.97. The fourth-order valence-electron chi connectivity index (χ4n) is 2.28. The average molecular weight is 276 g/mol. The Labute approximate surface area is 119 Å². The second-order valence-electron chi connectivity index (χ2n) is 5.47. The lowest BCUT2D eigenvalue weighted by Gasteiger charge is -2.15. The Morgan fingerprint density at radius 1 is 1.30 bits per heavy atom. The van der Waals surface area contributed by atoms with Gasteiger partial charge < -0.3 is 4.90 Å². The molecule has 2 rings (SSSR count). The summed E-state index contributed by atoms with van der Waals surface area (Å²) in [6.45, 7) is 7.14. The van der Waals surface area contributed by atoms with Crippen molar-refractivity contribution in [2.24, 2.45) is 11.1 Å².